The van der Waals surface area contributed by atoms with Gasteiger partial charge in [-0.15, -0.1) is 0 Å². The van der Waals surface area contributed by atoms with Crippen LogP contribution in [0.3, 0.4) is 0 Å². The average Bonchev–Trinajstić information content (AvgIpc) is 2.98. The summed E-state index contributed by atoms with van der Waals surface area (Å²) < 4.78 is 0. The molecule has 0 radical (unpaired) electrons. The minimum absolute atomic E-state index is 0.315. The van der Waals surface area contributed by atoms with Crippen molar-refractivity contribution in [3.8, 4) is 0 Å². The lowest BCUT2D eigenvalue weighted by Crippen LogP contribution is -2.36. The second-order valence-corrected chi connectivity index (χ2v) is 8.18. The summed E-state index contributed by atoms with van der Waals surface area (Å²) in [6.45, 7) is 3.63. The normalized spacial score (nSPS) is 15.3. The molecule has 3 amide bonds. The van der Waals surface area contributed by atoms with Crippen LogP contribution in [0.4, 0.5) is 10.5 Å². The summed E-state index contributed by atoms with van der Waals surface area (Å²) in [5.41, 5.74) is 3.68. The van der Waals surface area contributed by atoms with Crippen LogP contribution in [0.5, 0.6) is 0 Å². The maximum atomic E-state index is 12.8. The zero-order valence-corrected chi connectivity index (χ0v) is 17.5. The van der Waals surface area contributed by atoms with Crippen molar-refractivity contribution >= 4 is 51.4 Å². The van der Waals surface area contributed by atoms with Crippen LogP contribution in [-0.2, 0) is 9.59 Å². The van der Waals surface area contributed by atoms with Gasteiger partial charge in [-0.05, 0) is 71.3 Å². The molecule has 0 atom stereocenters. The van der Waals surface area contributed by atoms with Crippen LogP contribution in [0.15, 0.2) is 65.6 Å². The van der Waals surface area contributed by atoms with Crippen molar-refractivity contribution < 1.29 is 14.4 Å². The van der Waals surface area contributed by atoms with Gasteiger partial charge in [0.05, 0.1) is 4.91 Å². The number of carbonyl (C=O) groups excluding carboxylic acids is 3. The third-order valence-electron chi connectivity index (χ3n) is 5.08. The monoisotopic (exact) mass is 416 g/mol. The molecule has 0 unspecified atom stereocenters. The van der Waals surface area contributed by atoms with E-state index in [1.165, 1.54) is 0 Å². The lowest BCUT2D eigenvalue weighted by Gasteiger charge is -2.13. The Bertz CT molecular complexity index is 1210. The van der Waals surface area contributed by atoms with Crippen molar-refractivity contribution in [2.75, 3.05) is 11.9 Å². The third kappa shape index (κ3) is 4.00. The van der Waals surface area contributed by atoms with Crippen molar-refractivity contribution in [3.05, 3.63) is 82.3 Å². The Morgan fingerprint density at radius 1 is 1.00 bits per heavy atom. The molecule has 0 aromatic heterocycles. The van der Waals surface area contributed by atoms with Crippen LogP contribution in [0.1, 0.15) is 16.7 Å². The first-order chi connectivity index (χ1) is 14.4. The molecule has 1 fully saturated rings. The molecule has 0 saturated carbocycles. The quantitative estimate of drug-likeness (QED) is 0.599. The summed E-state index contributed by atoms with van der Waals surface area (Å²) in [5, 5.41) is 4.36. The number of hydrogen-bond donors (Lipinski definition) is 1. The number of amides is 3. The highest BCUT2D eigenvalue weighted by Gasteiger charge is 2.36. The van der Waals surface area contributed by atoms with Gasteiger partial charge < -0.3 is 5.32 Å². The van der Waals surface area contributed by atoms with Crippen LogP contribution >= 0.6 is 11.8 Å². The highest BCUT2D eigenvalue weighted by Crippen LogP contribution is 2.33. The highest BCUT2D eigenvalue weighted by molar-refractivity contribution is 8.18. The van der Waals surface area contributed by atoms with Crippen LogP contribution in [0, 0.1) is 13.8 Å². The molecular weight excluding hydrogens is 396 g/mol. The maximum Gasteiger partial charge on any atom is 0.294 e. The maximum absolute atomic E-state index is 12.8. The van der Waals surface area contributed by atoms with Gasteiger partial charge in [0.25, 0.3) is 11.1 Å². The Morgan fingerprint density at radius 2 is 1.77 bits per heavy atom. The third-order valence-corrected chi connectivity index (χ3v) is 5.98. The van der Waals surface area contributed by atoms with Crippen LogP contribution in [0.25, 0.3) is 16.8 Å². The van der Waals surface area contributed by atoms with Gasteiger partial charge in [0.2, 0.25) is 5.91 Å². The molecule has 3 aromatic rings. The van der Waals surface area contributed by atoms with Crippen molar-refractivity contribution in [1.29, 1.82) is 0 Å². The molecule has 6 heteroatoms. The molecule has 4 rings (SSSR count). The second-order valence-electron chi connectivity index (χ2n) is 7.18. The van der Waals surface area contributed by atoms with Gasteiger partial charge in [-0.1, -0.05) is 48.5 Å². The largest absolute Gasteiger partial charge is 0.325 e. The first kappa shape index (κ1) is 19.9. The number of hydrogen-bond acceptors (Lipinski definition) is 4. The molecule has 1 saturated heterocycles. The molecule has 1 N–H and O–H groups in total. The van der Waals surface area contributed by atoms with E-state index in [4.69, 9.17) is 0 Å². The van der Waals surface area contributed by atoms with Gasteiger partial charge in [-0.25, -0.2) is 0 Å². The number of thioether (sulfide) groups is 1. The van der Waals surface area contributed by atoms with Crippen LogP contribution < -0.4 is 5.32 Å². The first-order valence-corrected chi connectivity index (χ1v) is 10.3. The van der Waals surface area contributed by atoms with Gasteiger partial charge in [0, 0.05) is 5.69 Å². The van der Waals surface area contributed by atoms with E-state index in [0.29, 0.717) is 10.6 Å². The molecule has 30 heavy (non-hydrogen) atoms. The van der Waals surface area contributed by atoms with Crippen LogP contribution in [-0.4, -0.2) is 28.5 Å². The minimum atomic E-state index is -0.451. The lowest BCUT2D eigenvalue weighted by atomic mass is 10.0. The van der Waals surface area contributed by atoms with Crippen molar-refractivity contribution in [2.45, 2.75) is 13.8 Å². The first-order valence-electron chi connectivity index (χ1n) is 9.52. The SMILES string of the molecule is Cc1ccc(NC(=O)CN2C(=O)S/C(=C/c3cccc4ccccc34)C2=O)cc1C. The summed E-state index contributed by atoms with van der Waals surface area (Å²) in [6, 6.07) is 19.2. The highest BCUT2D eigenvalue weighted by atomic mass is 32.2. The summed E-state index contributed by atoms with van der Waals surface area (Å²) >= 11 is 0.856. The lowest BCUT2D eigenvalue weighted by molar-refractivity contribution is -0.127. The predicted molar refractivity (Wildman–Crippen MR) is 121 cm³/mol. The van der Waals surface area contributed by atoms with Gasteiger partial charge in [-0.3, -0.25) is 19.3 Å². The summed E-state index contributed by atoms with van der Waals surface area (Å²) in [4.78, 5) is 38.9. The molecule has 0 spiro atoms. The van der Waals surface area contributed by atoms with Crippen molar-refractivity contribution in [2.24, 2.45) is 0 Å². The van der Waals surface area contributed by atoms with Crippen molar-refractivity contribution in [3.63, 3.8) is 0 Å². The standard InChI is InChI=1S/C24H20N2O3S/c1-15-10-11-19(12-16(15)2)25-22(27)14-26-23(28)21(30-24(26)29)13-18-8-5-7-17-6-3-4-9-20(17)18/h3-13H,14H2,1-2H3,(H,25,27)/b21-13+. The fourth-order valence-electron chi connectivity index (χ4n) is 3.32. The number of fused-ring (bicyclic) bond motifs is 1. The zero-order valence-electron chi connectivity index (χ0n) is 16.6. The second kappa shape index (κ2) is 8.16. The fraction of sp³-hybridized carbons (Fsp3) is 0.125. The number of rotatable bonds is 4. The van der Waals surface area contributed by atoms with Gasteiger partial charge in [0.1, 0.15) is 6.54 Å². The van der Waals surface area contributed by atoms with Crippen molar-refractivity contribution in [1.82, 2.24) is 4.90 Å². The topological polar surface area (TPSA) is 66.5 Å². The number of nitrogens with one attached hydrogen (secondary N) is 1. The average molecular weight is 417 g/mol. The summed E-state index contributed by atoms with van der Waals surface area (Å²) in [5.74, 6) is -0.861. The molecule has 0 bridgehead atoms. The molecule has 1 heterocycles. The number of nitrogens with zero attached hydrogens (tertiary/aromatic N) is 1. The van der Waals surface area contributed by atoms with Crippen LogP contribution in [0.2, 0.25) is 0 Å². The number of carbonyl (C=O) groups is 3. The van der Waals surface area contributed by atoms with E-state index in [0.717, 1.165) is 44.1 Å². The zero-order chi connectivity index (χ0) is 21.3. The van der Waals surface area contributed by atoms with E-state index in [1.807, 2.05) is 68.4 Å². The molecule has 1 aliphatic rings. The number of aryl methyl sites for hydroxylation is 2. The predicted octanol–water partition coefficient (Wildman–Crippen LogP) is 5.13. The van der Waals surface area contributed by atoms with E-state index < -0.39 is 17.1 Å². The molecule has 5 nitrogen and oxygen atoms in total. The summed E-state index contributed by atoms with van der Waals surface area (Å²) in [6.07, 6.45) is 1.72. The van der Waals surface area contributed by atoms with E-state index in [-0.39, 0.29) is 6.54 Å². The van der Waals surface area contributed by atoms with E-state index in [9.17, 15) is 14.4 Å². The molecular formula is C24H20N2O3S. The fourth-order valence-corrected chi connectivity index (χ4v) is 4.15. The van der Waals surface area contributed by atoms with Gasteiger partial charge in [0.15, 0.2) is 0 Å². The minimum Gasteiger partial charge on any atom is -0.325 e. The molecule has 150 valence electrons. The summed E-state index contributed by atoms with van der Waals surface area (Å²) in [7, 11) is 0. The Hall–Kier alpha value is -3.38. The number of benzene rings is 3. The Kier molecular flexibility index (Phi) is 5.42. The Balaban J connectivity index is 1.51. The number of imide groups is 1. The Labute approximate surface area is 178 Å². The van der Waals surface area contributed by atoms with E-state index in [1.54, 1.807) is 12.1 Å². The van der Waals surface area contributed by atoms with E-state index in [2.05, 4.69) is 5.32 Å². The van der Waals surface area contributed by atoms with Gasteiger partial charge >= 0.3 is 0 Å². The van der Waals surface area contributed by atoms with Gasteiger partial charge in [-0.2, -0.15) is 0 Å². The molecule has 3 aromatic carbocycles. The number of anilines is 1. The smallest absolute Gasteiger partial charge is 0.294 e. The molecule has 0 aliphatic carbocycles. The van der Waals surface area contributed by atoms with E-state index >= 15 is 0 Å². The Morgan fingerprint density at radius 3 is 2.57 bits per heavy atom. The molecule has 1 aliphatic heterocycles.